The van der Waals surface area contributed by atoms with E-state index in [-0.39, 0.29) is 6.42 Å². The number of ether oxygens (including phenoxy) is 1. The largest absolute Gasteiger partial charge is 0.497 e. The summed E-state index contributed by atoms with van der Waals surface area (Å²) in [6, 6.07) is 4.44. The normalized spacial score (nSPS) is 12.6. The van der Waals surface area contributed by atoms with Gasteiger partial charge in [-0.05, 0) is 17.7 Å². The molecule has 20 heavy (non-hydrogen) atoms. The number of alkyl halides is 3. The predicted octanol–water partition coefficient (Wildman–Crippen LogP) is 1.37. The van der Waals surface area contributed by atoms with Crippen molar-refractivity contribution in [1.29, 1.82) is 0 Å². The first-order valence-corrected chi connectivity index (χ1v) is 5.47. The first-order chi connectivity index (χ1) is 9.24. The molecule has 0 heterocycles. The number of aliphatic carboxylic acids is 1. The van der Waals surface area contributed by atoms with Gasteiger partial charge in [0.15, 0.2) is 0 Å². The van der Waals surface area contributed by atoms with E-state index in [1.807, 2.05) is 0 Å². The molecule has 8 heteroatoms. The van der Waals surface area contributed by atoms with Crippen molar-refractivity contribution in [2.75, 3.05) is 7.11 Å². The smallest absolute Gasteiger partial charge is 0.471 e. The summed E-state index contributed by atoms with van der Waals surface area (Å²) in [5.74, 6) is -3.29. The third-order valence-electron chi connectivity index (χ3n) is 2.46. The summed E-state index contributed by atoms with van der Waals surface area (Å²) in [5, 5.41) is 10.3. The number of carbonyl (C=O) groups excluding carboxylic acids is 1. The van der Waals surface area contributed by atoms with Crippen molar-refractivity contribution < 1.29 is 32.6 Å². The fraction of sp³-hybridized carbons (Fsp3) is 0.333. The number of halogens is 3. The maximum atomic E-state index is 12.1. The number of amides is 1. The number of benzene rings is 1. The van der Waals surface area contributed by atoms with Crippen molar-refractivity contribution in [2.45, 2.75) is 18.6 Å². The van der Waals surface area contributed by atoms with E-state index in [2.05, 4.69) is 0 Å². The second-order valence-electron chi connectivity index (χ2n) is 3.91. The van der Waals surface area contributed by atoms with Crippen molar-refractivity contribution in [3.63, 3.8) is 0 Å². The Morgan fingerprint density at radius 3 is 2.25 bits per heavy atom. The van der Waals surface area contributed by atoms with Crippen LogP contribution < -0.4 is 10.1 Å². The molecule has 0 aliphatic rings. The number of rotatable bonds is 5. The molecule has 0 aliphatic heterocycles. The van der Waals surface area contributed by atoms with Gasteiger partial charge < -0.3 is 15.2 Å². The summed E-state index contributed by atoms with van der Waals surface area (Å²) in [4.78, 5) is 21.6. The maximum Gasteiger partial charge on any atom is 0.471 e. The van der Waals surface area contributed by atoms with E-state index >= 15 is 0 Å². The Hall–Kier alpha value is -2.25. The first-order valence-electron chi connectivity index (χ1n) is 5.47. The number of methoxy groups -OCH3 is 1. The molecule has 0 radical (unpaired) electrons. The van der Waals surface area contributed by atoms with Gasteiger partial charge in [-0.1, -0.05) is 12.1 Å². The van der Waals surface area contributed by atoms with Gasteiger partial charge in [0.25, 0.3) is 0 Å². The van der Waals surface area contributed by atoms with Crippen molar-refractivity contribution in [1.82, 2.24) is 5.32 Å². The van der Waals surface area contributed by atoms with Gasteiger partial charge in [0.1, 0.15) is 11.8 Å². The van der Waals surface area contributed by atoms with Crippen LogP contribution >= 0.6 is 0 Å². The Labute approximate surface area is 112 Å². The second kappa shape index (κ2) is 6.27. The van der Waals surface area contributed by atoms with Gasteiger partial charge >= 0.3 is 18.1 Å². The van der Waals surface area contributed by atoms with Crippen LogP contribution in [0, 0.1) is 0 Å². The summed E-state index contributed by atoms with van der Waals surface area (Å²) < 4.78 is 41.2. The van der Waals surface area contributed by atoms with Crippen LogP contribution in [0.1, 0.15) is 5.56 Å². The van der Waals surface area contributed by atoms with Crippen LogP contribution in [0.15, 0.2) is 24.3 Å². The number of nitrogens with one attached hydrogen (secondary N) is 1. The lowest BCUT2D eigenvalue weighted by Gasteiger charge is -2.15. The average Bonchev–Trinajstić information content (AvgIpc) is 2.37. The van der Waals surface area contributed by atoms with E-state index < -0.39 is 24.1 Å². The summed E-state index contributed by atoms with van der Waals surface area (Å²) in [7, 11) is 1.44. The second-order valence-corrected chi connectivity index (χ2v) is 3.91. The Balaban J connectivity index is 2.77. The summed E-state index contributed by atoms with van der Waals surface area (Å²) in [6.45, 7) is 0. The van der Waals surface area contributed by atoms with E-state index in [1.54, 1.807) is 12.1 Å². The third kappa shape index (κ3) is 4.45. The van der Waals surface area contributed by atoms with Crippen LogP contribution in [0.2, 0.25) is 0 Å². The van der Waals surface area contributed by atoms with Crippen molar-refractivity contribution in [3.8, 4) is 5.75 Å². The summed E-state index contributed by atoms with van der Waals surface area (Å²) >= 11 is 0. The van der Waals surface area contributed by atoms with Gasteiger partial charge in [-0.25, -0.2) is 4.79 Å². The maximum absolute atomic E-state index is 12.1. The molecule has 0 unspecified atom stereocenters. The first kappa shape index (κ1) is 15.8. The molecule has 5 nitrogen and oxygen atoms in total. The van der Waals surface area contributed by atoms with Crippen LogP contribution in [0.4, 0.5) is 13.2 Å². The van der Waals surface area contributed by atoms with Crippen molar-refractivity contribution in [2.24, 2.45) is 0 Å². The third-order valence-corrected chi connectivity index (χ3v) is 2.46. The van der Waals surface area contributed by atoms with E-state index in [1.165, 1.54) is 24.6 Å². The monoisotopic (exact) mass is 291 g/mol. The number of carboxylic acid groups (broad SMARTS) is 1. The highest BCUT2D eigenvalue weighted by atomic mass is 19.4. The zero-order chi connectivity index (χ0) is 15.3. The topological polar surface area (TPSA) is 75.6 Å². The van der Waals surface area contributed by atoms with Gasteiger partial charge in [0, 0.05) is 6.42 Å². The Morgan fingerprint density at radius 2 is 1.85 bits per heavy atom. The van der Waals surface area contributed by atoms with Crippen LogP contribution in [0.25, 0.3) is 0 Å². The van der Waals surface area contributed by atoms with Crippen molar-refractivity contribution in [3.05, 3.63) is 29.8 Å². The molecule has 1 aromatic carbocycles. The number of carbonyl (C=O) groups is 2. The molecule has 1 rings (SSSR count). The fourth-order valence-electron chi connectivity index (χ4n) is 1.44. The highest BCUT2D eigenvalue weighted by molar-refractivity contribution is 5.87. The highest BCUT2D eigenvalue weighted by Crippen LogP contribution is 2.16. The van der Waals surface area contributed by atoms with E-state index in [0.29, 0.717) is 11.3 Å². The molecule has 1 atom stereocenters. The summed E-state index contributed by atoms with van der Waals surface area (Å²) in [6.07, 6.45) is -5.38. The molecule has 0 aliphatic carbocycles. The molecule has 0 fully saturated rings. The molecule has 0 spiro atoms. The number of hydrogen-bond acceptors (Lipinski definition) is 3. The number of carboxylic acids is 1. The van der Waals surface area contributed by atoms with Gasteiger partial charge in [-0.2, -0.15) is 13.2 Å². The lowest BCUT2D eigenvalue weighted by Crippen LogP contribution is -2.47. The molecule has 2 N–H and O–H groups in total. The average molecular weight is 291 g/mol. The molecular weight excluding hydrogens is 279 g/mol. The van der Waals surface area contributed by atoms with Gasteiger partial charge in [-0.15, -0.1) is 0 Å². The molecule has 0 saturated carbocycles. The zero-order valence-corrected chi connectivity index (χ0v) is 10.4. The van der Waals surface area contributed by atoms with E-state index in [9.17, 15) is 22.8 Å². The van der Waals surface area contributed by atoms with Crippen molar-refractivity contribution >= 4 is 11.9 Å². The molecular formula is C12H12F3NO4. The Bertz CT molecular complexity index is 484. The van der Waals surface area contributed by atoms with Gasteiger partial charge in [-0.3, -0.25) is 4.79 Å². The molecule has 0 bridgehead atoms. The predicted molar refractivity (Wildman–Crippen MR) is 62.3 cm³/mol. The standard InChI is InChI=1S/C12H12F3NO4/c1-20-8-4-2-7(3-5-8)6-9(10(17)18)16-11(19)12(13,14)15/h2-5,9H,6H2,1H3,(H,16,19)(H,17,18)/t9-/m1/s1. The molecule has 0 aromatic heterocycles. The van der Waals surface area contributed by atoms with Crippen LogP contribution in [-0.4, -0.2) is 36.3 Å². The van der Waals surface area contributed by atoms with E-state index in [4.69, 9.17) is 9.84 Å². The molecule has 1 amide bonds. The lowest BCUT2D eigenvalue weighted by molar-refractivity contribution is -0.175. The Kier molecular flexibility index (Phi) is 4.95. The van der Waals surface area contributed by atoms with E-state index in [0.717, 1.165) is 0 Å². The quantitative estimate of drug-likeness (QED) is 0.859. The minimum Gasteiger partial charge on any atom is -0.497 e. The Morgan fingerprint density at radius 1 is 1.30 bits per heavy atom. The molecule has 1 aromatic rings. The van der Waals surface area contributed by atoms with Crippen LogP contribution in [0.5, 0.6) is 5.75 Å². The van der Waals surface area contributed by atoms with Crippen LogP contribution in [0.3, 0.4) is 0 Å². The lowest BCUT2D eigenvalue weighted by atomic mass is 10.1. The fourth-order valence-corrected chi connectivity index (χ4v) is 1.44. The molecule has 0 saturated heterocycles. The highest BCUT2D eigenvalue weighted by Gasteiger charge is 2.40. The van der Waals surface area contributed by atoms with Crippen LogP contribution in [-0.2, 0) is 16.0 Å². The minimum atomic E-state index is -5.12. The zero-order valence-electron chi connectivity index (χ0n) is 10.4. The SMILES string of the molecule is COc1ccc(C[C@@H](NC(=O)C(F)(F)F)C(=O)O)cc1. The van der Waals surface area contributed by atoms with Gasteiger partial charge in [0.2, 0.25) is 0 Å². The number of hydrogen-bond donors (Lipinski definition) is 2. The summed E-state index contributed by atoms with van der Waals surface area (Å²) in [5.41, 5.74) is 0.459. The molecule has 110 valence electrons. The minimum absolute atomic E-state index is 0.263. The van der Waals surface area contributed by atoms with Gasteiger partial charge in [0.05, 0.1) is 7.11 Å².